The molecule has 0 saturated heterocycles. The van der Waals surface area contributed by atoms with Gasteiger partial charge in [-0.15, -0.1) is 0 Å². The lowest BCUT2D eigenvalue weighted by Crippen LogP contribution is -2.14. The Kier molecular flexibility index (Phi) is 11.5. The van der Waals surface area contributed by atoms with Crippen molar-refractivity contribution in [3.8, 4) is 23.6 Å². The van der Waals surface area contributed by atoms with Crippen LogP contribution in [0.3, 0.4) is 0 Å². The number of ether oxygens (including phenoxy) is 2. The molecular weight excluding hydrogens is 668 g/mol. The average molecular weight is 691 g/mol. The van der Waals surface area contributed by atoms with Crippen molar-refractivity contribution in [2.75, 3.05) is 10.6 Å². The van der Waals surface area contributed by atoms with Crippen LogP contribution in [0.25, 0.3) is 12.2 Å². The number of carbonyl (C=O) groups excluding carboxylic acids is 2. The van der Waals surface area contributed by atoms with Crippen LogP contribution in [-0.2, 0) is 19.4 Å². The third kappa shape index (κ3) is 9.77. The monoisotopic (exact) mass is 690 g/mol. The van der Waals surface area contributed by atoms with Gasteiger partial charge in [0.15, 0.2) is 0 Å². The van der Waals surface area contributed by atoms with E-state index in [1.807, 2.05) is 0 Å². The minimum Gasteiger partial charge on any atom is -0.435 e. The third-order valence-electron chi connectivity index (χ3n) is 6.41. The summed E-state index contributed by atoms with van der Waals surface area (Å²) >= 11 is 0. The first-order chi connectivity index (χ1) is 23.4. The van der Waals surface area contributed by atoms with Gasteiger partial charge in [0.05, 0.1) is 9.79 Å². The molecule has 10 nitrogen and oxygen atoms in total. The molecule has 49 heavy (non-hydrogen) atoms. The van der Waals surface area contributed by atoms with Crippen LogP contribution >= 0.6 is 0 Å². The van der Waals surface area contributed by atoms with Crippen molar-refractivity contribution in [3.05, 3.63) is 119 Å². The Morgan fingerprint density at radius 3 is 1.20 bits per heavy atom. The number of carbonyl (C=O) groups is 2. The predicted octanol–water partition coefficient (Wildman–Crippen LogP) is 6.81. The van der Waals surface area contributed by atoms with Crippen LogP contribution in [0.15, 0.2) is 118 Å². The second kappa shape index (κ2) is 15.9. The molecule has 0 spiro atoms. The molecule has 4 aromatic rings. The van der Waals surface area contributed by atoms with E-state index in [2.05, 4.69) is 20.1 Å². The van der Waals surface area contributed by atoms with Crippen molar-refractivity contribution >= 4 is 45.2 Å². The molecule has 0 saturated carbocycles. The van der Waals surface area contributed by atoms with Crippen molar-refractivity contribution in [2.24, 2.45) is 0 Å². The molecule has 2 N–H and O–H groups in total. The Hall–Kier alpha value is -6.45. The summed E-state index contributed by atoms with van der Waals surface area (Å²) in [5.74, 6) is -1.79. The molecule has 15 heteroatoms. The van der Waals surface area contributed by atoms with Crippen LogP contribution in [-0.4, -0.2) is 33.5 Å². The maximum absolute atomic E-state index is 13.2. The Bertz CT molecular complexity index is 1930. The molecule has 0 fully saturated rings. The van der Waals surface area contributed by atoms with E-state index < -0.39 is 34.9 Å². The van der Waals surface area contributed by atoms with E-state index in [1.165, 1.54) is 109 Å². The summed E-state index contributed by atoms with van der Waals surface area (Å²) in [6.07, 6.45) is 2.47. The first kappa shape index (κ1) is 35.4. The molecule has 2 amide bonds. The Morgan fingerprint density at radius 1 is 0.592 bits per heavy atom. The number of halogens is 4. The topological polar surface area (TPSA) is 158 Å². The van der Waals surface area contributed by atoms with Gasteiger partial charge in [-0.3, -0.25) is 9.59 Å². The van der Waals surface area contributed by atoms with E-state index in [1.54, 1.807) is 12.1 Å². The molecular formula is C34H22F4N4O6S. The Morgan fingerprint density at radius 2 is 0.918 bits per heavy atom. The quantitative estimate of drug-likeness (QED) is 0.0932. The van der Waals surface area contributed by atoms with Gasteiger partial charge in [0.2, 0.25) is 9.84 Å². The van der Waals surface area contributed by atoms with E-state index in [4.69, 9.17) is 0 Å². The van der Waals surface area contributed by atoms with Gasteiger partial charge in [-0.05, 0) is 96.1 Å². The fraction of sp³-hybridized carbons (Fsp3) is 0.0588. The standard InChI is InChI=1S/C34H22F4N4O6S/c35-33(36)47-27-9-1-21(2-10-27)17-23(19-39)31(43)41-25-5-13-29(14-6-25)49(45,46)30-15-7-26(8-16-30)42-32(44)24(20-40)18-22-3-11-28(12-4-22)48-34(37)38/h1-18,33-34H,(H,41,43)(H,42,44)/b23-17-,24-18+. The van der Waals surface area contributed by atoms with Gasteiger partial charge in [-0.25, -0.2) is 8.42 Å². The summed E-state index contributed by atoms with van der Waals surface area (Å²) in [7, 11) is -4.04. The van der Waals surface area contributed by atoms with Gasteiger partial charge in [-0.2, -0.15) is 28.1 Å². The molecule has 0 aliphatic heterocycles. The SMILES string of the molecule is N#C/C(=C/c1ccc(OC(F)F)cc1)C(=O)Nc1ccc(S(=O)(=O)c2ccc(NC(=O)/C(C#N)=C/c3ccc(OC(F)F)cc3)cc2)cc1. The van der Waals surface area contributed by atoms with Crippen molar-refractivity contribution in [1.29, 1.82) is 10.5 Å². The molecule has 0 aromatic heterocycles. The normalized spacial score (nSPS) is 11.8. The van der Waals surface area contributed by atoms with E-state index in [9.17, 15) is 46.1 Å². The molecule has 4 rings (SSSR count). The summed E-state index contributed by atoms with van der Waals surface area (Å²) in [4.78, 5) is 25.1. The molecule has 0 bridgehead atoms. The molecule has 0 heterocycles. The Balaban J connectivity index is 1.39. The molecule has 0 aliphatic rings. The van der Waals surface area contributed by atoms with Crippen LogP contribution in [0.1, 0.15) is 11.1 Å². The van der Waals surface area contributed by atoms with Crippen molar-refractivity contribution in [3.63, 3.8) is 0 Å². The van der Waals surface area contributed by atoms with Gasteiger partial charge in [0.1, 0.15) is 34.8 Å². The zero-order chi connectivity index (χ0) is 35.6. The highest BCUT2D eigenvalue weighted by Crippen LogP contribution is 2.25. The molecule has 0 aliphatic carbocycles. The number of nitriles is 2. The average Bonchev–Trinajstić information content (AvgIpc) is 3.07. The van der Waals surface area contributed by atoms with Crippen LogP contribution in [0.5, 0.6) is 11.5 Å². The number of hydrogen-bond donors (Lipinski definition) is 2. The predicted molar refractivity (Wildman–Crippen MR) is 169 cm³/mol. The molecule has 0 unspecified atom stereocenters. The number of nitrogens with zero attached hydrogens (tertiary/aromatic N) is 2. The fourth-order valence-electron chi connectivity index (χ4n) is 4.09. The zero-order valence-corrected chi connectivity index (χ0v) is 25.6. The number of anilines is 2. The summed E-state index contributed by atoms with van der Waals surface area (Å²) in [5.41, 5.74) is 0.496. The van der Waals surface area contributed by atoms with Gasteiger partial charge in [-0.1, -0.05) is 24.3 Å². The van der Waals surface area contributed by atoms with Crippen LogP contribution in [0, 0.1) is 22.7 Å². The lowest BCUT2D eigenvalue weighted by Gasteiger charge is -2.09. The summed E-state index contributed by atoms with van der Waals surface area (Å²) < 4.78 is 84.3. The highest BCUT2D eigenvalue weighted by molar-refractivity contribution is 7.91. The van der Waals surface area contributed by atoms with Crippen LogP contribution < -0.4 is 20.1 Å². The second-order valence-corrected chi connectivity index (χ2v) is 11.6. The molecule has 0 radical (unpaired) electrons. The highest BCUT2D eigenvalue weighted by Gasteiger charge is 2.19. The van der Waals surface area contributed by atoms with Crippen molar-refractivity contribution in [2.45, 2.75) is 23.0 Å². The van der Waals surface area contributed by atoms with Crippen LogP contribution in [0.2, 0.25) is 0 Å². The van der Waals surface area contributed by atoms with Gasteiger partial charge >= 0.3 is 13.2 Å². The number of nitrogens with one attached hydrogen (secondary N) is 2. The highest BCUT2D eigenvalue weighted by atomic mass is 32.2. The van der Waals surface area contributed by atoms with E-state index in [0.29, 0.717) is 11.1 Å². The smallest absolute Gasteiger partial charge is 0.387 e. The lowest BCUT2D eigenvalue weighted by atomic mass is 10.1. The zero-order valence-electron chi connectivity index (χ0n) is 24.8. The summed E-state index contributed by atoms with van der Waals surface area (Å²) in [5, 5.41) is 23.8. The number of sulfone groups is 1. The lowest BCUT2D eigenvalue weighted by molar-refractivity contribution is -0.113. The minimum atomic E-state index is -4.04. The number of amides is 2. The number of hydrogen-bond acceptors (Lipinski definition) is 8. The Labute approximate surface area is 277 Å². The largest absolute Gasteiger partial charge is 0.435 e. The first-order valence-corrected chi connectivity index (χ1v) is 15.3. The summed E-state index contributed by atoms with van der Waals surface area (Å²) in [6, 6.07) is 24.3. The van der Waals surface area contributed by atoms with Crippen molar-refractivity contribution < 1.29 is 45.0 Å². The molecule has 248 valence electrons. The van der Waals surface area contributed by atoms with E-state index in [0.717, 1.165) is 0 Å². The van der Waals surface area contributed by atoms with Gasteiger partial charge < -0.3 is 20.1 Å². The summed E-state index contributed by atoms with van der Waals surface area (Å²) in [6.45, 7) is -6.00. The molecule has 4 aromatic carbocycles. The van der Waals surface area contributed by atoms with Crippen LogP contribution in [0.4, 0.5) is 28.9 Å². The minimum absolute atomic E-state index is 0.0975. The number of benzene rings is 4. The van der Waals surface area contributed by atoms with E-state index in [-0.39, 0.29) is 43.8 Å². The van der Waals surface area contributed by atoms with E-state index >= 15 is 0 Å². The van der Waals surface area contributed by atoms with Crippen molar-refractivity contribution in [1.82, 2.24) is 0 Å². The third-order valence-corrected chi connectivity index (χ3v) is 8.19. The maximum atomic E-state index is 13.2. The maximum Gasteiger partial charge on any atom is 0.387 e. The number of alkyl halides is 4. The first-order valence-electron chi connectivity index (χ1n) is 13.8. The second-order valence-electron chi connectivity index (χ2n) is 9.70. The van der Waals surface area contributed by atoms with Gasteiger partial charge in [0, 0.05) is 11.4 Å². The fourth-order valence-corrected chi connectivity index (χ4v) is 5.35. The van der Waals surface area contributed by atoms with Gasteiger partial charge in [0.25, 0.3) is 11.8 Å². The number of rotatable bonds is 12. The molecule has 0 atom stereocenters.